The Kier molecular flexibility index (Phi) is 3.35. The molecular weight excluding hydrogens is 134 g/mol. The molecule has 0 saturated carbocycles. The van der Waals surface area contributed by atoms with Crippen molar-refractivity contribution >= 4 is 11.7 Å². The maximum Gasteiger partial charge on any atom is 0.244 e. The van der Waals surface area contributed by atoms with Gasteiger partial charge in [-0.15, -0.1) is 0 Å². The van der Waals surface area contributed by atoms with Gasteiger partial charge in [0.1, 0.15) is 6.61 Å². The Morgan fingerprint density at radius 2 is 2.10 bits per heavy atom. The SMILES string of the molecule is C/C(=C/C(=O)CO)C(N)=O. The van der Waals surface area contributed by atoms with Crippen LogP contribution in [0.15, 0.2) is 11.6 Å². The molecule has 4 heteroatoms. The number of aliphatic hydroxyl groups excluding tert-OH is 1. The summed E-state index contributed by atoms with van der Waals surface area (Å²) in [7, 11) is 0. The van der Waals surface area contributed by atoms with Gasteiger partial charge in [0, 0.05) is 5.57 Å². The maximum absolute atomic E-state index is 10.4. The monoisotopic (exact) mass is 143 g/mol. The van der Waals surface area contributed by atoms with Crippen LogP contribution in [0.4, 0.5) is 0 Å². The minimum absolute atomic E-state index is 0.152. The highest BCUT2D eigenvalue weighted by Crippen LogP contribution is 1.89. The number of amides is 1. The number of hydrogen-bond acceptors (Lipinski definition) is 3. The lowest BCUT2D eigenvalue weighted by Gasteiger charge is -1.90. The van der Waals surface area contributed by atoms with E-state index in [2.05, 4.69) is 0 Å². The molecule has 0 aliphatic rings. The molecule has 0 aliphatic carbocycles. The van der Waals surface area contributed by atoms with E-state index in [-0.39, 0.29) is 5.57 Å². The second-order valence-corrected chi connectivity index (χ2v) is 1.82. The lowest BCUT2D eigenvalue weighted by molar-refractivity contribution is -0.118. The minimum atomic E-state index is -0.651. The van der Waals surface area contributed by atoms with E-state index < -0.39 is 18.3 Å². The van der Waals surface area contributed by atoms with Crippen LogP contribution in [0, 0.1) is 0 Å². The zero-order valence-corrected chi connectivity index (χ0v) is 5.63. The number of carbonyl (C=O) groups is 2. The predicted octanol–water partition coefficient (Wildman–Crippen LogP) is -1.02. The van der Waals surface area contributed by atoms with Crippen molar-refractivity contribution in [3.05, 3.63) is 11.6 Å². The Balaban J connectivity index is 4.16. The van der Waals surface area contributed by atoms with Crippen LogP contribution in [0.1, 0.15) is 6.92 Å². The van der Waals surface area contributed by atoms with Gasteiger partial charge in [0.05, 0.1) is 0 Å². The summed E-state index contributed by atoms with van der Waals surface area (Å²) >= 11 is 0. The van der Waals surface area contributed by atoms with Crippen molar-refractivity contribution in [2.75, 3.05) is 6.61 Å². The molecule has 0 rings (SSSR count). The van der Waals surface area contributed by atoms with Gasteiger partial charge in [-0.05, 0) is 13.0 Å². The second kappa shape index (κ2) is 3.79. The Morgan fingerprint density at radius 1 is 1.60 bits per heavy atom. The van der Waals surface area contributed by atoms with E-state index in [1.165, 1.54) is 6.92 Å². The first-order valence-electron chi connectivity index (χ1n) is 2.69. The summed E-state index contributed by atoms with van der Waals surface area (Å²) in [4.78, 5) is 20.7. The van der Waals surface area contributed by atoms with E-state index in [0.29, 0.717) is 0 Å². The number of primary amides is 1. The summed E-state index contributed by atoms with van der Waals surface area (Å²) in [6, 6.07) is 0. The van der Waals surface area contributed by atoms with Crippen LogP contribution in [0.3, 0.4) is 0 Å². The molecule has 3 N–H and O–H groups in total. The fraction of sp³-hybridized carbons (Fsp3) is 0.333. The van der Waals surface area contributed by atoms with Gasteiger partial charge in [-0.1, -0.05) is 0 Å². The van der Waals surface area contributed by atoms with Gasteiger partial charge in [-0.2, -0.15) is 0 Å². The third-order valence-electron chi connectivity index (χ3n) is 0.922. The Labute approximate surface area is 58.3 Å². The summed E-state index contributed by atoms with van der Waals surface area (Å²) in [6.45, 7) is 0.820. The Bertz CT molecular complexity index is 183. The van der Waals surface area contributed by atoms with Crippen molar-refractivity contribution in [2.24, 2.45) is 5.73 Å². The quantitative estimate of drug-likeness (QED) is 0.496. The van der Waals surface area contributed by atoms with E-state index in [4.69, 9.17) is 10.8 Å². The maximum atomic E-state index is 10.4. The highest BCUT2D eigenvalue weighted by Gasteiger charge is 1.99. The molecule has 0 aromatic rings. The molecule has 0 unspecified atom stereocenters. The molecule has 0 aromatic heterocycles. The van der Waals surface area contributed by atoms with Crippen molar-refractivity contribution in [1.82, 2.24) is 0 Å². The second-order valence-electron chi connectivity index (χ2n) is 1.82. The topological polar surface area (TPSA) is 80.4 Å². The fourth-order valence-electron chi connectivity index (χ4n) is 0.358. The minimum Gasteiger partial charge on any atom is -0.388 e. The largest absolute Gasteiger partial charge is 0.388 e. The Hall–Kier alpha value is -1.16. The average molecular weight is 143 g/mol. The molecule has 10 heavy (non-hydrogen) atoms. The smallest absolute Gasteiger partial charge is 0.244 e. The highest BCUT2D eigenvalue weighted by atomic mass is 16.3. The van der Waals surface area contributed by atoms with E-state index in [1.807, 2.05) is 0 Å². The van der Waals surface area contributed by atoms with Gasteiger partial charge in [0.2, 0.25) is 5.91 Å². The normalized spacial score (nSPS) is 11.2. The molecule has 0 bridgehead atoms. The van der Waals surface area contributed by atoms with Crippen LogP contribution in [0.5, 0.6) is 0 Å². The molecule has 0 fully saturated rings. The van der Waals surface area contributed by atoms with Gasteiger partial charge in [-0.25, -0.2) is 0 Å². The third kappa shape index (κ3) is 2.99. The summed E-state index contributed by atoms with van der Waals surface area (Å²) in [5, 5.41) is 8.22. The molecule has 4 nitrogen and oxygen atoms in total. The molecule has 0 aromatic carbocycles. The van der Waals surface area contributed by atoms with Crippen molar-refractivity contribution < 1.29 is 14.7 Å². The zero-order valence-electron chi connectivity index (χ0n) is 5.63. The number of rotatable bonds is 3. The molecule has 1 amide bonds. The third-order valence-corrected chi connectivity index (χ3v) is 0.922. The lowest BCUT2D eigenvalue weighted by atomic mass is 10.2. The Morgan fingerprint density at radius 3 is 2.40 bits per heavy atom. The highest BCUT2D eigenvalue weighted by molar-refractivity contribution is 6.00. The summed E-state index contributed by atoms with van der Waals surface area (Å²) < 4.78 is 0. The molecule has 0 saturated heterocycles. The molecule has 0 spiro atoms. The van der Waals surface area contributed by atoms with E-state index in [1.54, 1.807) is 0 Å². The van der Waals surface area contributed by atoms with Crippen LogP contribution in [-0.2, 0) is 9.59 Å². The number of hydrogen-bond donors (Lipinski definition) is 2. The standard InChI is InChI=1S/C6H9NO3/c1-4(6(7)10)2-5(9)3-8/h2,8H,3H2,1H3,(H2,7,10)/b4-2-. The summed E-state index contributed by atoms with van der Waals surface area (Å²) in [5.41, 5.74) is 4.95. The first-order valence-corrected chi connectivity index (χ1v) is 2.69. The van der Waals surface area contributed by atoms with E-state index in [9.17, 15) is 9.59 Å². The lowest BCUT2D eigenvalue weighted by Crippen LogP contribution is -2.13. The van der Waals surface area contributed by atoms with Crippen LogP contribution < -0.4 is 5.73 Å². The first-order chi connectivity index (χ1) is 4.57. The van der Waals surface area contributed by atoms with Crippen LogP contribution in [0.2, 0.25) is 0 Å². The van der Waals surface area contributed by atoms with Gasteiger partial charge in [0.25, 0.3) is 0 Å². The fourth-order valence-corrected chi connectivity index (χ4v) is 0.358. The van der Waals surface area contributed by atoms with Crippen molar-refractivity contribution in [1.29, 1.82) is 0 Å². The molecular formula is C6H9NO3. The number of ketones is 1. The molecule has 0 aliphatic heterocycles. The van der Waals surface area contributed by atoms with Gasteiger partial charge in [-0.3, -0.25) is 9.59 Å². The molecule has 0 radical (unpaired) electrons. The zero-order chi connectivity index (χ0) is 8.15. The molecule has 56 valence electrons. The van der Waals surface area contributed by atoms with Crippen LogP contribution in [-0.4, -0.2) is 23.4 Å². The average Bonchev–Trinajstić information content (AvgIpc) is 1.87. The van der Waals surface area contributed by atoms with Gasteiger partial charge < -0.3 is 10.8 Å². The van der Waals surface area contributed by atoms with Crippen LogP contribution >= 0.6 is 0 Å². The number of nitrogens with two attached hydrogens (primary N) is 1. The molecule has 0 atom stereocenters. The summed E-state index contributed by atoms with van der Waals surface area (Å²) in [6.07, 6.45) is 1.02. The first kappa shape index (κ1) is 8.84. The van der Waals surface area contributed by atoms with E-state index >= 15 is 0 Å². The van der Waals surface area contributed by atoms with Crippen molar-refractivity contribution in [3.8, 4) is 0 Å². The summed E-state index contributed by atoms with van der Waals surface area (Å²) in [5.74, 6) is -1.17. The number of aliphatic hydroxyl groups is 1. The van der Waals surface area contributed by atoms with Crippen LogP contribution in [0.25, 0.3) is 0 Å². The van der Waals surface area contributed by atoms with E-state index in [0.717, 1.165) is 6.08 Å². The molecule has 0 heterocycles. The van der Waals surface area contributed by atoms with Gasteiger partial charge >= 0.3 is 0 Å². The van der Waals surface area contributed by atoms with Crippen molar-refractivity contribution in [2.45, 2.75) is 6.92 Å². The number of carbonyl (C=O) groups excluding carboxylic acids is 2. The van der Waals surface area contributed by atoms with Gasteiger partial charge in [0.15, 0.2) is 5.78 Å². The van der Waals surface area contributed by atoms with Crippen molar-refractivity contribution in [3.63, 3.8) is 0 Å². The predicted molar refractivity (Wildman–Crippen MR) is 35.0 cm³/mol.